The van der Waals surface area contributed by atoms with Gasteiger partial charge in [0.2, 0.25) is 0 Å². The molecule has 0 unspecified atom stereocenters. The van der Waals surface area contributed by atoms with Crippen molar-refractivity contribution in [1.82, 2.24) is 4.90 Å². The zero-order valence-electron chi connectivity index (χ0n) is 12.8. The van der Waals surface area contributed by atoms with E-state index < -0.39 is 0 Å². The lowest BCUT2D eigenvalue weighted by Gasteiger charge is -2.22. The van der Waals surface area contributed by atoms with E-state index in [9.17, 15) is 0 Å². The second-order valence-corrected chi connectivity index (χ2v) is 5.61. The molecule has 0 bridgehead atoms. The second-order valence-electron chi connectivity index (χ2n) is 5.61. The fourth-order valence-corrected chi connectivity index (χ4v) is 2.80. The Labute approximate surface area is 129 Å². The fraction of sp³-hybridized carbons (Fsp3) is 0.529. The van der Waals surface area contributed by atoms with Crippen LogP contribution in [-0.4, -0.2) is 32.6 Å². The molecule has 0 heterocycles. The number of benzene rings is 1. The van der Waals surface area contributed by atoms with Gasteiger partial charge < -0.3 is 9.64 Å². The van der Waals surface area contributed by atoms with Gasteiger partial charge in [-0.25, -0.2) is 0 Å². The molecule has 0 aliphatic heterocycles. The number of likely N-dealkylation sites (N-methyl/N-ethyl adjacent to an activating group) is 1. The van der Waals surface area contributed by atoms with Crippen molar-refractivity contribution >= 4 is 18.0 Å². The minimum absolute atomic E-state index is 0. The third-order valence-corrected chi connectivity index (χ3v) is 3.80. The molecule has 0 amide bonds. The predicted octanol–water partition coefficient (Wildman–Crippen LogP) is 4.40. The van der Waals surface area contributed by atoms with E-state index in [-0.39, 0.29) is 12.4 Å². The summed E-state index contributed by atoms with van der Waals surface area (Å²) in [5.41, 5.74) is 4.53. The van der Waals surface area contributed by atoms with Crippen molar-refractivity contribution < 1.29 is 4.74 Å². The van der Waals surface area contributed by atoms with Gasteiger partial charge in [0, 0.05) is 6.54 Å². The van der Waals surface area contributed by atoms with Crippen molar-refractivity contribution in [3.63, 3.8) is 0 Å². The molecular formula is C17H26ClNO. The lowest BCUT2D eigenvalue weighted by molar-refractivity contribution is 0.414. The molecule has 0 aromatic heterocycles. The second kappa shape index (κ2) is 8.33. The number of halogens is 1. The molecule has 1 aromatic carbocycles. The number of ether oxygens (including phenoxy) is 1. The van der Waals surface area contributed by atoms with Crippen LogP contribution in [0.5, 0.6) is 5.75 Å². The van der Waals surface area contributed by atoms with Crippen LogP contribution in [0.25, 0.3) is 5.57 Å². The number of allylic oxidation sites excluding steroid dienone is 1. The van der Waals surface area contributed by atoms with Gasteiger partial charge in [0.25, 0.3) is 0 Å². The van der Waals surface area contributed by atoms with Gasteiger partial charge >= 0.3 is 0 Å². The first-order valence-corrected chi connectivity index (χ1v) is 7.21. The summed E-state index contributed by atoms with van der Waals surface area (Å²) in [5, 5.41) is 0. The number of rotatable bonds is 4. The SMILES string of the molecule is COc1ccc(C(CN(C)C)=C2CCCCC2)cc1.Cl. The Morgan fingerprint density at radius 3 is 2.15 bits per heavy atom. The Balaban J connectivity index is 0.00000200. The molecule has 0 spiro atoms. The van der Waals surface area contributed by atoms with Crippen LogP contribution in [-0.2, 0) is 0 Å². The number of hydrogen-bond donors (Lipinski definition) is 0. The van der Waals surface area contributed by atoms with Crippen LogP contribution < -0.4 is 4.74 Å². The molecular weight excluding hydrogens is 270 g/mol. The smallest absolute Gasteiger partial charge is 0.118 e. The van der Waals surface area contributed by atoms with E-state index in [1.54, 1.807) is 12.7 Å². The summed E-state index contributed by atoms with van der Waals surface area (Å²) in [6.45, 7) is 1.03. The molecule has 2 rings (SSSR count). The number of hydrogen-bond acceptors (Lipinski definition) is 2. The summed E-state index contributed by atoms with van der Waals surface area (Å²) in [6, 6.07) is 8.52. The van der Waals surface area contributed by atoms with E-state index in [2.05, 4.69) is 43.3 Å². The van der Waals surface area contributed by atoms with Gasteiger partial charge in [-0.3, -0.25) is 0 Å². The molecule has 2 nitrogen and oxygen atoms in total. The Bertz CT molecular complexity index is 429. The summed E-state index contributed by atoms with van der Waals surface area (Å²) in [7, 11) is 6.01. The van der Waals surface area contributed by atoms with Gasteiger partial charge in [-0.1, -0.05) is 24.1 Å². The van der Waals surface area contributed by atoms with Gasteiger partial charge in [-0.05, 0) is 63.0 Å². The number of nitrogens with zero attached hydrogens (tertiary/aromatic N) is 1. The number of methoxy groups -OCH3 is 1. The highest BCUT2D eigenvalue weighted by Crippen LogP contribution is 2.31. The quantitative estimate of drug-likeness (QED) is 0.816. The maximum absolute atomic E-state index is 5.25. The standard InChI is InChI=1S/C17H25NO.ClH/c1-18(2)13-17(14-7-5-4-6-8-14)15-9-11-16(19-3)12-10-15;/h9-12H,4-8,13H2,1-3H3;1H. The Morgan fingerprint density at radius 1 is 1.05 bits per heavy atom. The minimum atomic E-state index is 0. The molecule has 3 heteroatoms. The fourth-order valence-electron chi connectivity index (χ4n) is 2.80. The summed E-state index contributed by atoms with van der Waals surface area (Å²) in [6.07, 6.45) is 6.64. The maximum Gasteiger partial charge on any atom is 0.118 e. The van der Waals surface area contributed by atoms with Gasteiger partial charge in [0.1, 0.15) is 5.75 Å². The molecule has 20 heavy (non-hydrogen) atoms. The van der Waals surface area contributed by atoms with E-state index in [1.807, 2.05) is 0 Å². The maximum atomic E-state index is 5.25. The molecule has 1 fully saturated rings. The van der Waals surface area contributed by atoms with Crippen LogP contribution in [0.1, 0.15) is 37.7 Å². The highest BCUT2D eigenvalue weighted by molar-refractivity contribution is 5.85. The van der Waals surface area contributed by atoms with Crippen molar-refractivity contribution in [3.8, 4) is 5.75 Å². The van der Waals surface area contributed by atoms with Crippen molar-refractivity contribution in [3.05, 3.63) is 35.4 Å². The van der Waals surface area contributed by atoms with Gasteiger partial charge in [-0.2, -0.15) is 0 Å². The van der Waals surface area contributed by atoms with Crippen LogP contribution in [0.3, 0.4) is 0 Å². The van der Waals surface area contributed by atoms with E-state index in [4.69, 9.17) is 4.74 Å². The normalized spacial score (nSPS) is 14.9. The Morgan fingerprint density at radius 2 is 1.65 bits per heavy atom. The molecule has 1 saturated carbocycles. The molecule has 0 N–H and O–H groups in total. The molecule has 0 radical (unpaired) electrons. The van der Waals surface area contributed by atoms with E-state index in [0.29, 0.717) is 0 Å². The molecule has 1 aliphatic rings. The third kappa shape index (κ3) is 4.53. The Hall–Kier alpha value is -0.990. The van der Waals surface area contributed by atoms with Crippen molar-refractivity contribution in [2.45, 2.75) is 32.1 Å². The van der Waals surface area contributed by atoms with Crippen molar-refractivity contribution in [2.75, 3.05) is 27.7 Å². The molecule has 1 aromatic rings. The summed E-state index contributed by atoms with van der Waals surface area (Å²) >= 11 is 0. The largest absolute Gasteiger partial charge is 0.497 e. The third-order valence-electron chi connectivity index (χ3n) is 3.80. The Kier molecular flexibility index (Phi) is 7.11. The summed E-state index contributed by atoms with van der Waals surface area (Å²) < 4.78 is 5.25. The van der Waals surface area contributed by atoms with Crippen LogP contribution in [0, 0.1) is 0 Å². The first kappa shape index (κ1) is 17.1. The van der Waals surface area contributed by atoms with Crippen LogP contribution in [0.4, 0.5) is 0 Å². The monoisotopic (exact) mass is 295 g/mol. The average molecular weight is 296 g/mol. The molecule has 0 saturated heterocycles. The van der Waals surface area contributed by atoms with Gasteiger partial charge in [0.15, 0.2) is 0 Å². The first-order valence-electron chi connectivity index (χ1n) is 7.21. The zero-order valence-corrected chi connectivity index (χ0v) is 13.6. The highest BCUT2D eigenvalue weighted by atomic mass is 35.5. The van der Waals surface area contributed by atoms with E-state index >= 15 is 0 Å². The minimum Gasteiger partial charge on any atom is -0.497 e. The van der Waals surface area contributed by atoms with E-state index in [0.717, 1.165) is 12.3 Å². The average Bonchev–Trinajstić information content (AvgIpc) is 2.46. The van der Waals surface area contributed by atoms with Crippen LogP contribution >= 0.6 is 12.4 Å². The first-order chi connectivity index (χ1) is 9.20. The van der Waals surface area contributed by atoms with Crippen LogP contribution in [0.2, 0.25) is 0 Å². The van der Waals surface area contributed by atoms with Gasteiger partial charge in [0.05, 0.1) is 7.11 Å². The summed E-state index contributed by atoms with van der Waals surface area (Å²) in [4.78, 5) is 2.27. The molecule has 1 aliphatic carbocycles. The van der Waals surface area contributed by atoms with Crippen molar-refractivity contribution in [2.24, 2.45) is 0 Å². The highest BCUT2D eigenvalue weighted by Gasteiger charge is 2.13. The summed E-state index contributed by atoms with van der Waals surface area (Å²) in [5.74, 6) is 0.932. The van der Waals surface area contributed by atoms with E-state index in [1.165, 1.54) is 43.2 Å². The topological polar surface area (TPSA) is 12.5 Å². The molecule has 0 atom stereocenters. The predicted molar refractivity (Wildman–Crippen MR) is 88.8 cm³/mol. The lowest BCUT2D eigenvalue weighted by Crippen LogP contribution is -2.16. The van der Waals surface area contributed by atoms with Crippen LogP contribution in [0.15, 0.2) is 29.8 Å². The molecule has 112 valence electrons. The zero-order chi connectivity index (χ0) is 13.7. The van der Waals surface area contributed by atoms with Crippen molar-refractivity contribution in [1.29, 1.82) is 0 Å². The lowest BCUT2D eigenvalue weighted by atomic mass is 9.88. The van der Waals surface area contributed by atoms with Gasteiger partial charge in [-0.15, -0.1) is 12.4 Å².